The molecule has 3 heterocycles. The molecule has 0 saturated carbocycles. The van der Waals surface area contributed by atoms with E-state index in [4.69, 9.17) is 19.0 Å². The normalized spacial score (nSPS) is 30.7. The number of carbonyl (C=O) groups is 2. The quantitative estimate of drug-likeness (QED) is 0.791. The Bertz CT molecular complexity index is 709. The summed E-state index contributed by atoms with van der Waals surface area (Å²) < 4.78 is 16.6. The third-order valence-corrected chi connectivity index (χ3v) is 5.03. The lowest BCUT2D eigenvalue weighted by Crippen LogP contribution is -2.40. The van der Waals surface area contributed by atoms with Crippen LogP contribution in [-0.4, -0.2) is 65.8 Å². The standard InChI is InChI=1S/C19H24N2O6/c1-19(2)25-12-16(26-19)14-10-15(17(22)20-8-9-24-18(20)23)27-21(14)11-13-6-4-3-5-7-13/h3-7,14-16H,8-12H2,1-2H3/t14-,15+,16-/m1/s1. The van der Waals surface area contributed by atoms with Crippen LogP contribution in [0.3, 0.4) is 0 Å². The molecule has 1 aromatic carbocycles. The van der Waals surface area contributed by atoms with Gasteiger partial charge >= 0.3 is 6.09 Å². The second-order valence-electron chi connectivity index (χ2n) is 7.43. The molecule has 0 aliphatic carbocycles. The molecular weight excluding hydrogens is 352 g/mol. The van der Waals surface area contributed by atoms with E-state index in [2.05, 4.69) is 0 Å². The number of amides is 2. The molecule has 0 spiro atoms. The Balaban J connectivity index is 1.51. The number of benzene rings is 1. The van der Waals surface area contributed by atoms with Crippen molar-refractivity contribution in [2.24, 2.45) is 0 Å². The van der Waals surface area contributed by atoms with Crippen LogP contribution in [0.25, 0.3) is 0 Å². The summed E-state index contributed by atoms with van der Waals surface area (Å²) >= 11 is 0. The lowest BCUT2D eigenvalue weighted by Gasteiger charge is -2.27. The van der Waals surface area contributed by atoms with Crippen LogP contribution in [0.4, 0.5) is 4.79 Å². The molecule has 146 valence electrons. The van der Waals surface area contributed by atoms with Crippen LogP contribution in [0.2, 0.25) is 0 Å². The number of cyclic esters (lactones) is 1. The number of hydrogen-bond donors (Lipinski definition) is 0. The van der Waals surface area contributed by atoms with Gasteiger partial charge in [0.2, 0.25) is 0 Å². The Labute approximate surface area is 157 Å². The molecule has 3 aliphatic heterocycles. The van der Waals surface area contributed by atoms with E-state index in [1.165, 1.54) is 0 Å². The van der Waals surface area contributed by atoms with Crippen molar-refractivity contribution < 1.29 is 28.6 Å². The predicted octanol–water partition coefficient (Wildman–Crippen LogP) is 1.69. The summed E-state index contributed by atoms with van der Waals surface area (Å²) in [5.41, 5.74) is 1.06. The van der Waals surface area contributed by atoms with Crippen LogP contribution in [0.1, 0.15) is 25.8 Å². The Morgan fingerprint density at radius 3 is 2.67 bits per heavy atom. The topological polar surface area (TPSA) is 77.5 Å². The molecule has 0 N–H and O–H groups in total. The monoisotopic (exact) mass is 376 g/mol. The van der Waals surface area contributed by atoms with E-state index < -0.39 is 18.0 Å². The van der Waals surface area contributed by atoms with Crippen molar-refractivity contribution in [1.29, 1.82) is 0 Å². The fourth-order valence-electron chi connectivity index (χ4n) is 3.70. The third-order valence-electron chi connectivity index (χ3n) is 5.03. The van der Waals surface area contributed by atoms with Gasteiger partial charge < -0.3 is 14.2 Å². The van der Waals surface area contributed by atoms with E-state index >= 15 is 0 Å². The zero-order valence-corrected chi connectivity index (χ0v) is 15.5. The van der Waals surface area contributed by atoms with Crippen molar-refractivity contribution in [3.63, 3.8) is 0 Å². The van der Waals surface area contributed by atoms with Gasteiger partial charge in [-0.3, -0.25) is 9.63 Å². The first kappa shape index (κ1) is 18.4. The molecule has 1 aromatic rings. The molecular formula is C19H24N2O6. The Morgan fingerprint density at radius 1 is 1.26 bits per heavy atom. The summed E-state index contributed by atoms with van der Waals surface area (Å²) in [4.78, 5) is 31.6. The first-order chi connectivity index (χ1) is 12.9. The van der Waals surface area contributed by atoms with Gasteiger partial charge in [-0.15, -0.1) is 0 Å². The highest BCUT2D eigenvalue weighted by Crippen LogP contribution is 2.34. The summed E-state index contributed by atoms with van der Waals surface area (Å²) in [5, 5.41) is 1.79. The lowest BCUT2D eigenvalue weighted by atomic mass is 10.0. The molecule has 3 aliphatic rings. The molecule has 0 unspecified atom stereocenters. The largest absolute Gasteiger partial charge is 0.447 e. The summed E-state index contributed by atoms with van der Waals surface area (Å²) in [6, 6.07) is 9.73. The van der Waals surface area contributed by atoms with Gasteiger partial charge in [0.15, 0.2) is 11.9 Å². The number of ether oxygens (including phenoxy) is 3. The van der Waals surface area contributed by atoms with E-state index in [1.807, 2.05) is 44.2 Å². The molecule has 3 fully saturated rings. The second kappa shape index (κ2) is 7.20. The fourth-order valence-corrected chi connectivity index (χ4v) is 3.70. The van der Waals surface area contributed by atoms with Crippen molar-refractivity contribution in [2.45, 2.75) is 50.8 Å². The molecule has 3 saturated heterocycles. The van der Waals surface area contributed by atoms with E-state index in [1.54, 1.807) is 5.06 Å². The van der Waals surface area contributed by atoms with E-state index in [0.717, 1.165) is 10.5 Å². The van der Waals surface area contributed by atoms with Gasteiger partial charge in [-0.1, -0.05) is 30.3 Å². The summed E-state index contributed by atoms with van der Waals surface area (Å²) in [7, 11) is 0. The molecule has 27 heavy (non-hydrogen) atoms. The maximum absolute atomic E-state index is 12.7. The van der Waals surface area contributed by atoms with E-state index in [9.17, 15) is 9.59 Å². The summed E-state index contributed by atoms with van der Waals surface area (Å²) in [6.45, 7) is 5.17. The fraction of sp³-hybridized carbons (Fsp3) is 0.579. The minimum atomic E-state index is -0.739. The maximum atomic E-state index is 12.7. The van der Waals surface area contributed by atoms with Gasteiger partial charge in [-0.2, -0.15) is 5.06 Å². The average Bonchev–Trinajstić information content (AvgIpc) is 3.34. The number of carbonyl (C=O) groups excluding carboxylic acids is 2. The van der Waals surface area contributed by atoms with Gasteiger partial charge in [0.1, 0.15) is 12.7 Å². The zero-order chi connectivity index (χ0) is 19.0. The van der Waals surface area contributed by atoms with Crippen molar-refractivity contribution in [1.82, 2.24) is 9.96 Å². The van der Waals surface area contributed by atoms with Crippen molar-refractivity contribution in [2.75, 3.05) is 19.8 Å². The van der Waals surface area contributed by atoms with Crippen LogP contribution >= 0.6 is 0 Å². The van der Waals surface area contributed by atoms with E-state index in [0.29, 0.717) is 19.6 Å². The Morgan fingerprint density at radius 2 is 2.04 bits per heavy atom. The predicted molar refractivity (Wildman–Crippen MR) is 93.2 cm³/mol. The number of hydrogen-bond acceptors (Lipinski definition) is 7. The number of imide groups is 1. The van der Waals surface area contributed by atoms with Crippen molar-refractivity contribution in [3.05, 3.63) is 35.9 Å². The first-order valence-corrected chi connectivity index (χ1v) is 9.20. The summed E-state index contributed by atoms with van der Waals surface area (Å²) in [6.07, 6.45) is -1.13. The van der Waals surface area contributed by atoms with Crippen LogP contribution in [0.5, 0.6) is 0 Å². The number of hydroxylamine groups is 2. The number of nitrogens with zero attached hydrogens (tertiary/aromatic N) is 2. The highest BCUT2D eigenvalue weighted by molar-refractivity contribution is 5.95. The second-order valence-corrected chi connectivity index (χ2v) is 7.43. The highest BCUT2D eigenvalue weighted by Gasteiger charge is 2.48. The molecule has 2 amide bonds. The SMILES string of the molecule is CC1(C)OC[C@H]([C@H]2C[C@@H](C(=O)N3CCOC3=O)ON2Cc2ccccc2)O1. The highest BCUT2D eigenvalue weighted by atomic mass is 16.8. The van der Waals surface area contributed by atoms with Crippen molar-refractivity contribution in [3.8, 4) is 0 Å². The smallest absolute Gasteiger partial charge is 0.416 e. The molecule has 8 heteroatoms. The van der Waals surface area contributed by atoms with E-state index in [-0.39, 0.29) is 31.2 Å². The van der Waals surface area contributed by atoms with Crippen LogP contribution in [0.15, 0.2) is 30.3 Å². The van der Waals surface area contributed by atoms with Crippen LogP contribution < -0.4 is 0 Å². The maximum Gasteiger partial charge on any atom is 0.416 e. The van der Waals surface area contributed by atoms with Crippen LogP contribution in [0, 0.1) is 0 Å². The summed E-state index contributed by atoms with van der Waals surface area (Å²) in [5.74, 6) is -1.03. The number of rotatable bonds is 4. The van der Waals surface area contributed by atoms with Gasteiger partial charge in [0.25, 0.3) is 5.91 Å². The molecule has 0 radical (unpaired) electrons. The molecule has 0 aromatic heterocycles. The van der Waals surface area contributed by atoms with Gasteiger partial charge in [-0.05, 0) is 19.4 Å². The Kier molecular flexibility index (Phi) is 4.90. The van der Waals surface area contributed by atoms with Crippen molar-refractivity contribution >= 4 is 12.0 Å². The molecule has 0 bridgehead atoms. The zero-order valence-electron chi connectivity index (χ0n) is 15.5. The molecule has 3 atom stereocenters. The Hall–Kier alpha value is -2.00. The van der Waals surface area contributed by atoms with Gasteiger partial charge in [0.05, 0.1) is 19.2 Å². The lowest BCUT2D eigenvalue weighted by molar-refractivity contribution is -0.200. The minimum Gasteiger partial charge on any atom is -0.447 e. The van der Waals surface area contributed by atoms with Gasteiger partial charge in [-0.25, -0.2) is 9.69 Å². The first-order valence-electron chi connectivity index (χ1n) is 9.20. The molecule has 4 rings (SSSR count). The molecule has 8 nitrogen and oxygen atoms in total. The minimum absolute atomic E-state index is 0.153. The van der Waals surface area contributed by atoms with Gasteiger partial charge in [0, 0.05) is 13.0 Å². The third kappa shape index (κ3) is 3.84. The van der Waals surface area contributed by atoms with Crippen LogP contribution in [-0.2, 0) is 30.4 Å². The average molecular weight is 376 g/mol.